The van der Waals surface area contributed by atoms with Crippen molar-refractivity contribution >= 4 is 40.1 Å². The molecule has 1 amide bonds. The summed E-state index contributed by atoms with van der Waals surface area (Å²) in [7, 11) is 0. The van der Waals surface area contributed by atoms with Gasteiger partial charge < -0.3 is 4.90 Å². The number of benzene rings is 1. The second kappa shape index (κ2) is 4.92. The summed E-state index contributed by atoms with van der Waals surface area (Å²) in [6.45, 7) is 2.26. The average molecular weight is 350 g/mol. The molecule has 0 aliphatic heterocycles. The van der Waals surface area contributed by atoms with Gasteiger partial charge in [0, 0.05) is 23.1 Å². The lowest BCUT2D eigenvalue weighted by atomic mass is 10.2. The smallest absolute Gasteiger partial charge is 0.219 e. The summed E-state index contributed by atoms with van der Waals surface area (Å²) >= 11 is 8.43. The molecule has 0 saturated heterocycles. The van der Waals surface area contributed by atoms with Crippen LogP contribution in [0.25, 0.3) is 0 Å². The highest BCUT2D eigenvalue weighted by Crippen LogP contribution is 2.31. The van der Waals surface area contributed by atoms with Gasteiger partial charge in [-0.2, -0.15) is 0 Å². The molecule has 1 aliphatic carbocycles. The van der Waals surface area contributed by atoms with Crippen molar-refractivity contribution in [3.63, 3.8) is 0 Å². The van der Waals surface area contributed by atoms with E-state index in [9.17, 15) is 4.79 Å². The first-order valence-electron chi connectivity index (χ1n) is 5.29. The summed E-state index contributed by atoms with van der Waals surface area (Å²) in [5, 5.41) is 0.773. The van der Waals surface area contributed by atoms with Crippen LogP contribution < -0.4 is 0 Å². The highest BCUT2D eigenvalue weighted by atomic mass is 127. The average Bonchev–Trinajstić information content (AvgIpc) is 3.03. The molecule has 1 aromatic rings. The number of carbonyl (C=O) groups is 1. The number of amides is 1. The van der Waals surface area contributed by atoms with Gasteiger partial charge in [0.05, 0.1) is 5.02 Å². The Balaban J connectivity index is 2.18. The van der Waals surface area contributed by atoms with Crippen LogP contribution in [0, 0.1) is 3.57 Å². The van der Waals surface area contributed by atoms with E-state index >= 15 is 0 Å². The third kappa shape index (κ3) is 2.69. The van der Waals surface area contributed by atoms with Crippen molar-refractivity contribution in [2.45, 2.75) is 32.4 Å². The summed E-state index contributed by atoms with van der Waals surface area (Å²) in [6, 6.07) is 6.38. The normalized spacial score (nSPS) is 14.9. The molecule has 16 heavy (non-hydrogen) atoms. The molecule has 0 spiro atoms. The molecule has 0 bridgehead atoms. The Morgan fingerprint density at radius 2 is 2.25 bits per heavy atom. The number of hydrogen-bond donors (Lipinski definition) is 0. The Hall–Kier alpha value is -0.290. The van der Waals surface area contributed by atoms with Crippen molar-refractivity contribution in [2.75, 3.05) is 0 Å². The molecule has 86 valence electrons. The fraction of sp³-hybridized carbons (Fsp3) is 0.417. The Kier molecular flexibility index (Phi) is 3.74. The van der Waals surface area contributed by atoms with Crippen LogP contribution in [0.2, 0.25) is 5.02 Å². The second-order valence-electron chi connectivity index (χ2n) is 4.09. The van der Waals surface area contributed by atoms with Gasteiger partial charge in [-0.25, -0.2) is 0 Å². The fourth-order valence-corrected chi connectivity index (χ4v) is 2.48. The zero-order valence-electron chi connectivity index (χ0n) is 9.04. The molecule has 1 aliphatic rings. The van der Waals surface area contributed by atoms with Crippen LogP contribution in [0.1, 0.15) is 25.3 Å². The zero-order valence-corrected chi connectivity index (χ0v) is 12.0. The van der Waals surface area contributed by atoms with Crippen LogP contribution in [-0.2, 0) is 11.3 Å². The molecular weight excluding hydrogens is 336 g/mol. The first-order chi connectivity index (χ1) is 7.59. The van der Waals surface area contributed by atoms with E-state index < -0.39 is 0 Å². The van der Waals surface area contributed by atoms with E-state index in [0.29, 0.717) is 12.6 Å². The van der Waals surface area contributed by atoms with Crippen molar-refractivity contribution in [3.05, 3.63) is 32.4 Å². The Labute approximate surface area is 114 Å². The van der Waals surface area contributed by atoms with Gasteiger partial charge in [-0.05, 0) is 47.1 Å². The third-order valence-corrected chi connectivity index (χ3v) is 4.43. The number of carbonyl (C=O) groups excluding carboxylic acids is 1. The van der Waals surface area contributed by atoms with Crippen LogP contribution in [0.3, 0.4) is 0 Å². The van der Waals surface area contributed by atoms with Crippen molar-refractivity contribution in [3.8, 4) is 0 Å². The summed E-state index contributed by atoms with van der Waals surface area (Å²) in [4.78, 5) is 13.4. The maximum atomic E-state index is 11.5. The van der Waals surface area contributed by atoms with E-state index in [1.807, 2.05) is 23.1 Å². The Morgan fingerprint density at radius 3 is 2.81 bits per heavy atom. The van der Waals surface area contributed by atoms with E-state index in [1.165, 1.54) is 0 Å². The molecule has 0 aromatic heterocycles. The standard InChI is InChI=1S/C12H13ClINO/c1-8(16)15(10-5-6-10)7-9-3-2-4-11(14)12(9)13/h2-4,10H,5-7H2,1H3. The molecule has 2 nitrogen and oxygen atoms in total. The third-order valence-electron chi connectivity index (χ3n) is 2.76. The maximum absolute atomic E-state index is 11.5. The van der Waals surface area contributed by atoms with Gasteiger partial charge in [0.1, 0.15) is 0 Å². The molecular formula is C12H13ClINO. The zero-order chi connectivity index (χ0) is 11.7. The van der Waals surface area contributed by atoms with E-state index in [1.54, 1.807) is 6.92 Å². The summed E-state index contributed by atoms with van der Waals surface area (Å²) in [6.07, 6.45) is 2.25. The molecule has 0 N–H and O–H groups in total. The lowest BCUT2D eigenvalue weighted by molar-refractivity contribution is -0.130. The lowest BCUT2D eigenvalue weighted by Gasteiger charge is -2.21. The van der Waals surface area contributed by atoms with Gasteiger partial charge in [0.2, 0.25) is 5.91 Å². The minimum atomic E-state index is 0.137. The fourth-order valence-electron chi connectivity index (χ4n) is 1.74. The van der Waals surface area contributed by atoms with Gasteiger partial charge in [-0.3, -0.25) is 4.79 Å². The van der Waals surface area contributed by atoms with Crippen molar-refractivity contribution < 1.29 is 4.79 Å². The van der Waals surface area contributed by atoms with Crippen LogP contribution in [0.15, 0.2) is 18.2 Å². The molecule has 0 radical (unpaired) electrons. The molecule has 0 heterocycles. The lowest BCUT2D eigenvalue weighted by Crippen LogP contribution is -2.30. The van der Waals surface area contributed by atoms with E-state index in [0.717, 1.165) is 27.0 Å². The van der Waals surface area contributed by atoms with Crippen LogP contribution in [-0.4, -0.2) is 16.8 Å². The molecule has 1 saturated carbocycles. The molecule has 4 heteroatoms. The summed E-state index contributed by atoms with van der Waals surface area (Å²) in [5.41, 5.74) is 1.04. The molecule has 0 atom stereocenters. The van der Waals surface area contributed by atoms with E-state index in [-0.39, 0.29) is 5.91 Å². The molecule has 1 aromatic carbocycles. The SMILES string of the molecule is CC(=O)N(Cc1cccc(I)c1Cl)C1CC1. The maximum Gasteiger partial charge on any atom is 0.219 e. The number of halogens is 2. The van der Waals surface area contributed by atoms with Crippen LogP contribution in [0.5, 0.6) is 0 Å². The second-order valence-corrected chi connectivity index (χ2v) is 5.63. The van der Waals surface area contributed by atoms with E-state index in [2.05, 4.69) is 22.6 Å². The Morgan fingerprint density at radius 1 is 1.56 bits per heavy atom. The highest BCUT2D eigenvalue weighted by Gasteiger charge is 2.31. The predicted octanol–water partition coefficient (Wildman–Crippen LogP) is 3.46. The number of hydrogen-bond acceptors (Lipinski definition) is 1. The number of rotatable bonds is 3. The van der Waals surface area contributed by atoms with Gasteiger partial charge in [-0.1, -0.05) is 23.7 Å². The highest BCUT2D eigenvalue weighted by molar-refractivity contribution is 14.1. The monoisotopic (exact) mass is 349 g/mol. The van der Waals surface area contributed by atoms with Gasteiger partial charge in [0.15, 0.2) is 0 Å². The van der Waals surface area contributed by atoms with Crippen molar-refractivity contribution in [1.29, 1.82) is 0 Å². The largest absolute Gasteiger partial charge is 0.336 e. The summed E-state index contributed by atoms with van der Waals surface area (Å²) < 4.78 is 1.04. The van der Waals surface area contributed by atoms with Gasteiger partial charge >= 0.3 is 0 Å². The van der Waals surface area contributed by atoms with E-state index in [4.69, 9.17) is 11.6 Å². The molecule has 1 fully saturated rings. The predicted molar refractivity (Wildman–Crippen MR) is 73.4 cm³/mol. The van der Waals surface area contributed by atoms with Crippen molar-refractivity contribution in [2.24, 2.45) is 0 Å². The first kappa shape index (κ1) is 12.2. The van der Waals surface area contributed by atoms with Crippen LogP contribution in [0.4, 0.5) is 0 Å². The minimum Gasteiger partial charge on any atom is -0.336 e. The first-order valence-corrected chi connectivity index (χ1v) is 6.75. The molecule has 0 unspecified atom stereocenters. The number of nitrogens with zero attached hydrogens (tertiary/aromatic N) is 1. The Bertz CT molecular complexity index is 417. The van der Waals surface area contributed by atoms with Crippen LogP contribution >= 0.6 is 34.2 Å². The molecule has 2 rings (SSSR count). The van der Waals surface area contributed by atoms with Gasteiger partial charge in [-0.15, -0.1) is 0 Å². The van der Waals surface area contributed by atoms with Crippen molar-refractivity contribution in [1.82, 2.24) is 4.90 Å². The summed E-state index contributed by atoms with van der Waals surface area (Å²) in [5.74, 6) is 0.137. The quantitative estimate of drug-likeness (QED) is 0.765. The minimum absolute atomic E-state index is 0.137. The topological polar surface area (TPSA) is 20.3 Å². The van der Waals surface area contributed by atoms with Gasteiger partial charge in [0.25, 0.3) is 0 Å².